The summed E-state index contributed by atoms with van der Waals surface area (Å²) in [6.45, 7) is 16.1. The number of hydrogen-bond acceptors (Lipinski definition) is 0. The van der Waals surface area contributed by atoms with Crippen molar-refractivity contribution in [1.29, 1.82) is 0 Å². The number of unbranched alkanes of at least 4 members (excludes halogenated alkanes) is 3. The Morgan fingerprint density at radius 1 is 0.810 bits per heavy atom. The Hall–Kier alpha value is -0.515. The van der Waals surface area contributed by atoms with E-state index in [4.69, 9.17) is 0 Å². The summed E-state index contributed by atoms with van der Waals surface area (Å²) in [7, 11) is -6.00. The first-order valence-electron chi connectivity index (χ1n) is 8.08. The third-order valence-corrected chi connectivity index (χ3v) is 3.47. The van der Waals surface area contributed by atoms with Gasteiger partial charge in [-0.05, 0) is 25.3 Å². The number of hydrogen-bond donors (Lipinski definition) is 0. The Bertz CT molecular complexity index is 217. The van der Waals surface area contributed by atoms with Crippen molar-refractivity contribution < 1.29 is 21.7 Å². The summed E-state index contributed by atoms with van der Waals surface area (Å²) in [6.07, 6.45) is 10.2. The fourth-order valence-electron chi connectivity index (χ4n) is 2.36. The van der Waals surface area contributed by atoms with Gasteiger partial charge in [-0.2, -0.15) is 0 Å². The molecule has 0 saturated carbocycles. The Kier molecular flexibility index (Phi) is 14.3. The van der Waals surface area contributed by atoms with Crippen molar-refractivity contribution in [2.24, 2.45) is 0 Å². The van der Waals surface area contributed by atoms with Crippen molar-refractivity contribution in [3.63, 3.8) is 0 Å². The highest BCUT2D eigenvalue weighted by Gasteiger charge is 2.23. The molecule has 0 spiro atoms. The molecule has 0 amide bonds. The third-order valence-electron chi connectivity index (χ3n) is 3.47. The lowest BCUT2D eigenvalue weighted by molar-refractivity contribution is -0.923. The minimum absolute atomic E-state index is 1.17. The van der Waals surface area contributed by atoms with Crippen LogP contribution in [0.2, 0.25) is 0 Å². The SMILES string of the molecule is C=CC[N+](CCCC)(CCCC)CCCC.F[B-](F)(F)F. The first-order chi connectivity index (χ1) is 9.74. The molecule has 0 aliphatic rings. The topological polar surface area (TPSA) is 0 Å². The quantitative estimate of drug-likeness (QED) is 0.199. The van der Waals surface area contributed by atoms with E-state index < -0.39 is 7.25 Å². The zero-order valence-electron chi connectivity index (χ0n) is 13.9. The first kappa shape index (κ1) is 22.8. The van der Waals surface area contributed by atoms with Crippen LogP contribution in [-0.4, -0.2) is 37.9 Å². The lowest BCUT2D eigenvalue weighted by atomic mass is 10.1. The maximum atomic E-state index is 9.75. The molecule has 6 heteroatoms. The first-order valence-corrected chi connectivity index (χ1v) is 8.08. The van der Waals surface area contributed by atoms with Crippen molar-refractivity contribution in [2.45, 2.75) is 59.3 Å². The van der Waals surface area contributed by atoms with Crippen LogP contribution in [0.25, 0.3) is 0 Å². The summed E-state index contributed by atoms with van der Waals surface area (Å²) in [4.78, 5) is 0. The van der Waals surface area contributed by atoms with Crippen molar-refractivity contribution in [1.82, 2.24) is 0 Å². The van der Waals surface area contributed by atoms with Gasteiger partial charge in [0.1, 0.15) is 0 Å². The molecule has 128 valence electrons. The summed E-state index contributed by atoms with van der Waals surface area (Å²) in [6, 6.07) is 0. The molecule has 0 fully saturated rings. The van der Waals surface area contributed by atoms with E-state index in [0.717, 1.165) is 0 Å². The molecule has 0 aliphatic heterocycles. The van der Waals surface area contributed by atoms with E-state index >= 15 is 0 Å². The minimum atomic E-state index is -6.00. The zero-order chi connectivity index (χ0) is 16.8. The Morgan fingerprint density at radius 3 is 1.29 bits per heavy atom. The van der Waals surface area contributed by atoms with Crippen LogP contribution in [0.15, 0.2) is 12.7 Å². The van der Waals surface area contributed by atoms with Gasteiger partial charge in [0.15, 0.2) is 0 Å². The molecular weight excluding hydrogens is 281 g/mol. The normalized spacial score (nSPS) is 11.8. The summed E-state index contributed by atoms with van der Waals surface area (Å²) < 4.78 is 40.3. The summed E-state index contributed by atoms with van der Waals surface area (Å²) >= 11 is 0. The Morgan fingerprint density at radius 2 is 1.10 bits per heavy atom. The van der Waals surface area contributed by atoms with Gasteiger partial charge in [0, 0.05) is 0 Å². The Labute approximate surface area is 128 Å². The molecule has 0 radical (unpaired) electrons. The smallest absolute Gasteiger partial charge is 0.418 e. The van der Waals surface area contributed by atoms with Crippen molar-refractivity contribution >= 4 is 7.25 Å². The highest BCUT2D eigenvalue weighted by molar-refractivity contribution is 6.50. The maximum Gasteiger partial charge on any atom is 0.673 e. The molecule has 0 aromatic rings. The van der Waals surface area contributed by atoms with Crippen LogP contribution >= 0.6 is 0 Å². The predicted octanol–water partition coefficient (Wildman–Crippen LogP) is 5.69. The second-order valence-electron chi connectivity index (χ2n) is 5.54. The van der Waals surface area contributed by atoms with Crippen LogP contribution < -0.4 is 0 Å². The number of rotatable bonds is 11. The molecule has 0 aromatic carbocycles. The van der Waals surface area contributed by atoms with Gasteiger partial charge >= 0.3 is 7.25 Å². The van der Waals surface area contributed by atoms with Crippen LogP contribution in [0, 0.1) is 0 Å². The second-order valence-corrected chi connectivity index (χ2v) is 5.54. The molecule has 0 N–H and O–H groups in total. The van der Waals surface area contributed by atoms with Gasteiger partial charge in [-0.3, -0.25) is 0 Å². The van der Waals surface area contributed by atoms with E-state index in [0.29, 0.717) is 0 Å². The molecule has 0 aliphatic carbocycles. The molecule has 1 nitrogen and oxygen atoms in total. The molecular formula is C15H32BF4N. The average molecular weight is 313 g/mol. The monoisotopic (exact) mass is 313 g/mol. The van der Waals surface area contributed by atoms with E-state index in [1.807, 2.05) is 0 Å². The van der Waals surface area contributed by atoms with Crippen LogP contribution in [0.4, 0.5) is 17.3 Å². The molecule has 0 heterocycles. The highest BCUT2D eigenvalue weighted by Crippen LogP contribution is 2.14. The van der Waals surface area contributed by atoms with E-state index in [-0.39, 0.29) is 0 Å². The third kappa shape index (κ3) is 17.4. The second kappa shape index (κ2) is 13.2. The van der Waals surface area contributed by atoms with Crippen molar-refractivity contribution in [3.8, 4) is 0 Å². The lowest BCUT2D eigenvalue weighted by Gasteiger charge is -2.38. The molecule has 0 bridgehead atoms. The maximum absolute atomic E-state index is 9.75. The van der Waals surface area contributed by atoms with Gasteiger partial charge in [0.25, 0.3) is 0 Å². The summed E-state index contributed by atoms with van der Waals surface area (Å²) in [5, 5.41) is 0. The van der Waals surface area contributed by atoms with Gasteiger partial charge in [-0.25, -0.2) is 0 Å². The number of nitrogens with zero attached hydrogens (tertiary/aromatic N) is 1. The zero-order valence-corrected chi connectivity index (χ0v) is 13.9. The van der Waals surface area contributed by atoms with Crippen molar-refractivity contribution in [3.05, 3.63) is 12.7 Å². The number of quaternary nitrogens is 1. The molecule has 0 aromatic heterocycles. The highest BCUT2D eigenvalue weighted by atomic mass is 19.5. The van der Waals surface area contributed by atoms with Gasteiger partial charge in [-0.15, -0.1) is 0 Å². The van der Waals surface area contributed by atoms with Gasteiger partial charge in [0.05, 0.1) is 26.2 Å². The molecule has 0 atom stereocenters. The molecule has 0 unspecified atom stereocenters. The minimum Gasteiger partial charge on any atom is -0.418 e. The Balaban J connectivity index is 0. The van der Waals surface area contributed by atoms with Gasteiger partial charge in [0.2, 0.25) is 0 Å². The van der Waals surface area contributed by atoms with Crippen LogP contribution in [-0.2, 0) is 0 Å². The van der Waals surface area contributed by atoms with Gasteiger partial charge < -0.3 is 21.7 Å². The number of halogens is 4. The summed E-state index contributed by atoms with van der Waals surface area (Å²) in [5.41, 5.74) is 0. The van der Waals surface area contributed by atoms with E-state index in [1.165, 1.54) is 69.2 Å². The molecule has 21 heavy (non-hydrogen) atoms. The van der Waals surface area contributed by atoms with Crippen LogP contribution in [0.1, 0.15) is 59.3 Å². The van der Waals surface area contributed by atoms with E-state index in [9.17, 15) is 17.3 Å². The average Bonchev–Trinajstić information content (AvgIpc) is 2.38. The fourth-order valence-corrected chi connectivity index (χ4v) is 2.36. The fraction of sp³-hybridized carbons (Fsp3) is 0.867. The van der Waals surface area contributed by atoms with Crippen LogP contribution in [0.5, 0.6) is 0 Å². The van der Waals surface area contributed by atoms with E-state index in [2.05, 4.69) is 33.4 Å². The largest absolute Gasteiger partial charge is 0.673 e. The summed E-state index contributed by atoms with van der Waals surface area (Å²) in [5.74, 6) is 0. The van der Waals surface area contributed by atoms with Gasteiger partial charge in [-0.1, -0.05) is 46.6 Å². The lowest BCUT2D eigenvalue weighted by Crippen LogP contribution is -2.50. The van der Waals surface area contributed by atoms with Crippen LogP contribution in [0.3, 0.4) is 0 Å². The van der Waals surface area contributed by atoms with E-state index in [1.54, 1.807) is 0 Å². The molecule has 0 saturated heterocycles. The standard InChI is InChI=1S/C15H32N.BF4/c1-5-9-13-16(12-8-4,14-10-6-2)15-11-7-3;2-1(3,4)5/h8H,4-7,9-15H2,1-3H3;/q+1;-1. The molecule has 0 rings (SSSR count). The predicted molar refractivity (Wildman–Crippen MR) is 84.8 cm³/mol. The van der Waals surface area contributed by atoms with Crippen molar-refractivity contribution in [2.75, 3.05) is 26.2 Å².